The zero-order valence-corrected chi connectivity index (χ0v) is 17.1. The van der Waals surface area contributed by atoms with Gasteiger partial charge in [-0.15, -0.1) is 0 Å². The highest BCUT2D eigenvalue weighted by Gasteiger charge is 2.43. The zero-order valence-electron chi connectivity index (χ0n) is 17.1. The molecule has 2 atom stereocenters. The molecule has 2 saturated heterocycles. The van der Waals surface area contributed by atoms with Gasteiger partial charge in [-0.1, -0.05) is 0 Å². The number of nitrogens with zero attached hydrogens (tertiary/aromatic N) is 6. The van der Waals surface area contributed by atoms with E-state index in [0.29, 0.717) is 25.0 Å². The van der Waals surface area contributed by atoms with Gasteiger partial charge in [-0.05, 0) is 20.8 Å². The summed E-state index contributed by atoms with van der Waals surface area (Å²) in [5.41, 5.74) is 1.46. The summed E-state index contributed by atoms with van der Waals surface area (Å²) in [7, 11) is 1.69. The maximum absolute atomic E-state index is 12.5. The highest BCUT2D eigenvalue weighted by molar-refractivity contribution is 5.83. The Morgan fingerprint density at radius 2 is 1.89 bits per heavy atom. The van der Waals surface area contributed by atoms with Crippen molar-refractivity contribution in [3.63, 3.8) is 0 Å². The summed E-state index contributed by atoms with van der Waals surface area (Å²) in [5.74, 6) is 1.82. The van der Waals surface area contributed by atoms with Crippen molar-refractivity contribution in [2.24, 2.45) is 11.8 Å². The van der Waals surface area contributed by atoms with E-state index in [1.807, 2.05) is 30.2 Å². The van der Waals surface area contributed by atoms with Crippen LogP contribution in [0.1, 0.15) is 20.8 Å². The van der Waals surface area contributed by atoms with Crippen LogP contribution < -0.4 is 10.2 Å². The lowest BCUT2D eigenvalue weighted by molar-refractivity contribution is 0.188. The summed E-state index contributed by atoms with van der Waals surface area (Å²) < 4.78 is 7.16. The second kappa shape index (κ2) is 7.20. The van der Waals surface area contributed by atoms with E-state index in [1.54, 1.807) is 19.8 Å². The third-order valence-corrected chi connectivity index (χ3v) is 5.47. The first kappa shape index (κ1) is 18.9. The van der Waals surface area contributed by atoms with Gasteiger partial charge in [0.05, 0.1) is 12.9 Å². The van der Waals surface area contributed by atoms with Crippen LogP contribution >= 0.6 is 0 Å². The lowest BCUT2D eigenvalue weighted by Crippen LogP contribution is -2.48. The molecule has 0 saturated carbocycles. The van der Waals surface area contributed by atoms with Crippen molar-refractivity contribution in [1.29, 1.82) is 0 Å². The van der Waals surface area contributed by atoms with Crippen molar-refractivity contribution in [2.45, 2.75) is 32.9 Å². The Labute approximate surface area is 165 Å². The average molecular weight is 387 g/mol. The van der Waals surface area contributed by atoms with Gasteiger partial charge in [-0.3, -0.25) is 0 Å². The van der Waals surface area contributed by atoms with E-state index in [4.69, 9.17) is 4.74 Å². The number of nitrogens with one attached hydrogen (secondary N) is 1. The molecule has 28 heavy (non-hydrogen) atoms. The molecule has 0 aliphatic carbocycles. The largest absolute Gasteiger partial charge is 0.383 e. The molecule has 2 fully saturated rings. The smallest absolute Gasteiger partial charge is 0.317 e. The third-order valence-electron chi connectivity index (χ3n) is 5.47. The fraction of sp³-hybridized carbons (Fsp3) is 0.684. The van der Waals surface area contributed by atoms with Crippen LogP contribution in [0.25, 0.3) is 11.2 Å². The number of methoxy groups -OCH3 is 1. The van der Waals surface area contributed by atoms with Gasteiger partial charge in [0, 0.05) is 57.2 Å². The Balaban J connectivity index is 1.45. The average Bonchev–Trinajstić information content (AvgIpc) is 3.31. The van der Waals surface area contributed by atoms with Crippen LogP contribution in [0.4, 0.5) is 10.6 Å². The van der Waals surface area contributed by atoms with Gasteiger partial charge in [0.1, 0.15) is 6.33 Å². The highest BCUT2D eigenvalue weighted by atomic mass is 16.5. The van der Waals surface area contributed by atoms with E-state index < -0.39 is 0 Å². The molecule has 9 heteroatoms. The second-order valence-electron chi connectivity index (χ2n) is 8.81. The number of carbonyl (C=O) groups is 1. The highest BCUT2D eigenvalue weighted by Crippen LogP contribution is 2.35. The van der Waals surface area contributed by atoms with Crippen molar-refractivity contribution >= 4 is 23.0 Å². The summed E-state index contributed by atoms with van der Waals surface area (Å²) in [4.78, 5) is 30.2. The Morgan fingerprint density at radius 3 is 2.54 bits per heavy atom. The number of ether oxygens (including phenoxy) is 1. The number of aromatic nitrogens is 4. The van der Waals surface area contributed by atoms with Gasteiger partial charge in [0.2, 0.25) is 0 Å². The fourth-order valence-electron chi connectivity index (χ4n) is 4.18. The van der Waals surface area contributed by atoms with Crippen molar-refractivity contribution < 1.29 is 9.53 Å². The molecule has 4 rings (SSSR count). The minimum atomic E-state index is -0.213. The summed E-state index contributed by atoms with van der Waals surface area (Å²) in [6, 6.07) is 0.0368. The molecule has 2 aromatic heterocycles. The fourth-order valence-corrected chi connectivity index (χ4v) is 4.18. The van der Waals surface area contributed by atoms with Crippen molar-refractivity contribution in [1.82, 2.24) is 29.7 Å². The van der Waals surface area contributed by atoms with Crippen LogP contribution in [0.5, 0.6) is 0 Å². The van der Waals surface area contributed by atoms with Gasteiger partial charge >= 0.3 is 6.03 Å². The number of amides is 2. The first-order valence-corrected chi connectivity index (χ1v) is 9.82. The van der Waals surface area contributed by atoms with Crippen LogP contribution in [0.3, 0.4) is 0 Å². The van der Waals surface area contributed by atoms with Crippen molar-refractivity contribution in [3.05, 3.63) is 12.7 Å². The lowest BCUT2D eigenvalue weighted by Gasteiger charge is -2.27. The predicted octanol–water partition coefficient (Wildman–Crippen LogP) is 1.35. The first-order valence-electron chi connectivity index (χ1n) is 9.82. The molecule has 9 nitrogen and oxygen atoms in total. The minimum Gasteiger partial charge on any atom is -0.383 e. The maximum Gasteiger partial charge on any atom is 0.317 e. The van der Waals surface area contributed by atoms with E-state index in [2.05, 4.69) is 25.2 Å². The monoisotopic (exact) mass is 387 g/mol. The quantitative estimate of drug-likeness (QED) is 0.852. The van der Waals surface area contributed by atoms with Crippen LogP contribution in [0, 0.1) is 11.8 Å². The molecule has 0 bridgehead atoms. The number of imidazole rings is 1. The standard InChI is InChI=1S/C19H29N7O2/c1-19(2,3)23-18(27)26-9-13-7-25(8-14(13)10-26)17-15-16(20-11-21-17)24(12-22-15)5-6-28-4/h11-14H,5-10H2,1-4H3,(H,23,27). The summed E-state index contributed by atoms with van der Waals surface area (Å²) >= 11 is 0. The molecule has 2 amide bonds. The van der Waals surface area contributed by atoms with Crippen LogP contribution in [-0.2, 0) is 11.3 Å². The molecule has 2 aliphatic heterocycles. The second-order valence-corrected chi connectivity index (χ2v) is 8.81. The first-order chi connectivity index (χ1) is 13.4. The van der Waals surface area contributed by atoms with Gasteiger partial charge < -0.3 is 24.4 Å². The number of urea groups is 1. The number of carbonyl (C=O) groups excluding carboxylic acids is 1. The molecular formula is C19H29N7O2. The SMILES string of the molecule is COCCn1cnc2c(N3CC4CN(C(=O)NC(C)(C)C)CC4C3)ncnc21. The molecule has 2 unspecified atom stereocenters. The molecule has 0 spiro atoms. The summed E-state index contributed by atoms with van der Waals surface area (Å²) in [6.07, 6.45) is 3.41. The predicted molar refractivity (Wildman–Crippen MR) is 106 cm³/mol. The maximum atomic E-state index is 12.5. The molecule has 0 radical (unpaired) electrons. The Morgan fingerprint density at radius 1 is 1.18 bits per heavy atom. The minimum absolute atomic E-state index is 0.0368. The molecule has 2 aliphatic rings. The van der Waals surface area contributed by atoms with E-state index in [1.165, 1.54) is 0 Å². The number of rotatable bonds is 4. The normalized spacial score (nSPS) is 22.1. The van der Waals surface area contributed by atoms with Crippen LogP contribution in [0.2, 0.25) is 0 Å². The van der Waals surface area contributed by atoms with Crippen molar-refractivity contribution in [2.75, 3.05) is 44.8 Å². The molecule has 0 aromatic carbocycles. The Kier molecular flexibility index (Phi) is 4.86. The molecule has 4 heterocycles. The van der Waals surface area contributed by atoms with Crippen molar-refractivity contribution in [3.8, 4) is 0 Å². The van der Waals surface area contributed by atoms with E-state index in [9.17, 15) is 4.79 Å². The number of likely N-dealkylation sites (tertiary alicyclic amines) is 1. The molecule has 2 aromatic rings. The van der Waals surface area contributed by atoms with Gasteiger partial charge in [-0.2, -0.15) is 0 Å². The third kappa shape index (κ3) is 3.63. The molecule has 152 valence electrons. The zero-order chi connectivity index (χ0) is 19.9. The van der Waals surface area contributed by atoms with Crippen LogP contribution in [0.15, 0.2) is 12.7 Å². The number of fused-ring (bicyclic) bond motifs is 2. The van der Waals surface area contributed by atoms with E-state index in [0.717, 1.165) is 43.2 Å². The Bertz CT molecular complexity index is 846. The lowest BCUT2D eigenvalue weighted by atomic mass is 10.0. The molecule has 1 N–H and O–H groups in total. The van der Waals surface area contributed by atoms with E-state index in [-0.39, 0.29) is 11.6 Å². The van der Waals surface area contributed by atoms with Gasteiger partial charge in [0.25, 0.3) is 0 Å². The van der Waals surface area contributed by atoms with E-state index >= 15 is 0 Å². The Hall–Kier alpha value is -2.42. The number of anilines is 1. The number of hydrogen-bond acceptors (Lipinski definition) is 6. The van der Waals surface area contributed by atoms with Crippen LogP contribution in [-0.4, -0.2) is 75.9 Å². The summed E-state index contributed by atoms with van der Waals surface area (Å²) in [6.45, 7) is 10.7. The summed E-state index contributed by atoms with van der Waals surface area (Å²) in [5, 5.41) is 3.07. The van der Waals surface area contributed by atoms with Gasteiger partial charge in [0.15, 0.2) is 17.0 Å². The topological polar surface area (TPSA) is 88.4 Å². The van der Waals surface area contributed by atoms with Gasteiger partial charge in [-0.25, -0.2) is 19.7 Å². The molecular weight excluding hydrogens is 358 g/mol. The number of hydrogen-bond donors (Lipinski definition) is 1.